The van der Waals surface area contributed by atoms with Gasteiger partial charge in [-0.3, -0.25) is 4.99 Å². The number of guanidine groups is 1. The Morgan fingerprint density at radius 1 is 1.07 bits per heavy atom. The lowest BCUT2D eigenvalue weighted by Crippen LogP contribution is -2.51. The number of halogens is 1. The number of hydrogen-bond donors (Lipinski definition) is 1. The van der Waals surface area contributed by atoms with E-state index in [2.05, 4.69) is 36.9 Å². The van der Waals surface area contributed by atoms with Crippen LogP contribution in [0.2, 0.25) is 0 Å². The van der Waals surface area contributed by atoms with Crippen LogP contribution in [0.4, 0.5) is 5.95 Å². The fourth-order valence-corrected chi connectivity index (χ4v) is 3.13. The smallest absolute Gasteiger partial charge is 0.225 e. The van der Waals surface area contributed by atoms with Crippen LogP contribution in [0.15, 0.2) is 58.2 Å². The average Bonchev–Trinajstić information content (AvgIpc) is 3.11. The third-order valence-corrected chi connectivity index (χ3v) is 4.55. The standard InChI is InChI=1S/C19H22N6O.HI/c20-18(21-9-6-16-14-15-4-1-2-5-17(15)26-16)24-10-12-25(13-11-24)19-22-7-3-8-23-19;/h1-5,7-8,14H,6,9-13H2,(H2,20,21);1H. The summed E-state index contributed by atoms with van der Waals surface area (Å²) >= 11 is 0. The summed E-state index contributed by atoms with van der Waals surface area (Å²) in [6.07, 6.45) is 4.28. The van der Waals surface area contributed by atoms with Crippen molar-refractivity contribution >= 4 is 46.9 Å². The number of piperazine rings is 1. The van der Waals surface area contributed by atoms with Crippen LogP contribution in [-0.2, 0) is 6.42 Å². The molecule has 1 fully saturated rings. The van der Waals surface area contributed by atoms with E-state index in [4.69, 9.17) is 10.2 Å². The van der Waals surface area contributed by atoms with Gasteiger partial charge in [0.2, 0.25) is 5.95 Å². The van der Waals surface area contributed by atoms with Crippen molar-refractivity contribution in [2.24, 2.45) is 10.7 Å². The number of furan rings is 1. The zero-order valence-electron chi connectivity index (χ0n) is 15.0. The molecule has 2 N–H and O–H groups in total. The molecule has 0 amide bonds. The van der Waals surface area contributed by atoms with Gasteiger partial charge in [0, 0.05) is 56.9 Å². The highest BCUT2D eigenvalue weighted by Crippen LogP contribution is 2.19. The molecule has 1 aliphatic rings. The topological polar surface area (TPSA) is 83.8 Å². The van der Waals surface area contributed by atoms with Gasteiger partial charge < -0.3 is 20.0 Å². The second kappa shape index (κ2) is 9.03. The highest BCUT2D eigenvalue weighted by molar-refractivity contribution is 14.0. The molecule has 7 nitrogen and oxygen atoms in total. The van der Waals surface area contributed by atoms with Crippen molar-refractivity contribution in [3.63, 3.8) is 0 Å². The van der Waals surface area contributed by atoms with Crippen LogP contribution in [0, 0.1) is 0 Å². The Balaban J connectivity index is 0.00000210. The summed E-state index contributed by atoms with van der Waals surface area (Å²) in [6, 6.07) is 11.9. The molecule has 0 unspecified atom stereocenters. The number of aliphatic imine (C=N–C) groups is 1. The van der Waals surface area contributed by atoms with E-state index < -0.39 is 0 Å². The fraction of sp³-hybridized carbons (Fsp3) is 0.316. The maximum absolute atomic E-state index is 6.17. The van der Waals surface area contributed by atoms with Gasteiger partial charge in [-0.25, -0.2) is 9.97 Å². The van der Waals surface area contributed by atoms with Crippen LogP contribution in [0.1, 0.15) is 5.76 Å². The van der Waals surface area contributed by atoms with E-state index in [1.54, 1.807) is 12.4 Å². The van der Waals surface area contributed by atoms with Crippen LogP contribution in [0.3, 0.4) is 0 Å². The van der Waals surface area contributed by atoms with Gasteiger partial charge in [-0.1, -0.05) is 18.2 Å². The average molecular weight is 478 g/mol. The minimum atomic E-state index is 0. The summed E-state index contributed by atoms with van der Waals surface area (Å²) in [7, 11) is 0. The normalized spacial score (nSPS) is 15.0. The molecule has 142 valence electrons. The van der Waals surface area contributed by atoms with E-state index in [-0.39, 0.29) is 24.0 Å². The van der Waals surface area contributed by atoms with Gasteiger partial charge in [0.25, 0.3) is 0 Å². The lowest BCUT2D eigenvalue weighted by Gasteiger charge is -2.35. The quantitative estimate of drug-likeness (QED) is 0.353. The molecule has 2 aromatic heterocycles. The number of para-hydroxylation sites is 1. The molecule has 0 spiro atoms. The Morgan fingerprint density at radius 2 is 1.81 bits per heavy atom. The molecule has 3 heterocycles. The van der Waals surface area contributed by atoms with Crippen molar-refractivity contribution in [2.45, 2.75) is 6.42 Å². The van der Waals surface area contributed by atoms with Gasteiger partial charge >= 0.3 is 0 Å². The van der Waals surface area contributed by atoms with Gasteiger partial charge in [0.15, 0.2) is 5.96 Å². The maximum atomic E-state index is 6.17. The number of hydrogen-bond acceptors (Lipinski definition) is 5. The number of nitrogens with two attached hydrogens (primary N) is 1. The number of fused-ring (bicyclic) bond motifs is 1. The number of aromatic nitrogens is 2. The van der Waals surface area contributed by atoms with Gasteiger partial charge in [-0.15, -0.1) is 24.0 Å². The largest absolute Gasteiger partial charge is 0.461 e. The van der Waals surface area contributed by atoms with E-state index >= 15 is 0 Å². The predicted octanol–water partition coefficient (Wildman–Crippen LogP) is 2.52. The van der Waals surface area contributed by atoms with Gasteiger partial charge in [-0.05, 0) is 18.2 Å². The molecular weight excluding hydrogens is 455 g/mol. The zero-order chi connectivity index (χ0) is 17.8. The van der Waals surface area contributed by atoms with Crippen molar-refractivity contribution in [3.8, 4) is 0 Å². The first-order chi connectivity index (χ1) is 12.8. The molecule has 8 heteroatoms. The first kappa shape index (κ1) is 19.4. The highest BCUT2D eigenvalue weighted by Gasteiger charge is 2.19. The van der Waals surface area contributed by atoms with Crippen molar-refractivity contribution in [1.29, 1.82) is 0 Å². The molecule has 4 rings (SSSR count). The third-order valence-electron chi connectivity index (χ3n) is 4.55. The minimum absolute atomic E-state index is 0. The summed E-state index contributed by atoms with van der Waals surface area (Å²) in [5.41, 5.74) is 7.08. The first-order valence-electron chi connectivity index (χ1n) is 8.84. The van der Waals surface area contributed by atoms with Crippen molar-refractivity contribution in [2.75, 3.05) is 37.6 Å². The molecule has 1 saturated heterocycles. The molecule has 0 aliphatic carbocycles. The van der Waals surface area contributed by atoms with Crippen molar-refractivity contribution in [1.82, 2.24) is 14.9 Å². The van der Waals surface area contributed by atoms with Crippen molar-refractivity contribution < 1.29 is 4.42 Å². The first-order valence-corrected chi connectivity index (χ1v) is 8.84. The monoisotopic (exact) mass is 478 g/mol. The molecule has 3 aromatic rings. The summed E-state index contributed by atoms with van der Waals surface area (Å²) in [5, 5.41) is 1.12. The number of rotatable bonds is 4. The molecule has 0 atom stereocenters. The molecular formula is C19H23IN6O. The molecule has 27 heavy (non-hydrogen) atoms. The Morgan fingerprint density at radius 3 is 2.56 bits per heavy atom. The number of anilines is 1. The fourth-order valence-electron chi connectivity index (χ4n) is 3.13. The Kier molecular flexibility index (Phi) is 6.49. The highest BCUT2D eigenvalue weighted by atomic mass is 127. The second-order valence-corrected chi connectivity index (χ2v) is 6.26. The number of nitrogens with zero attached hydrogens (tertiary/aromatic N) is 5. The SMILES string of the molecule is I.NC(=NCCc1cc2ccccc2o1)N1CCN(c2ncccn2)CC1. The van der Waals surface area contributed by atoms with Crippen LogP contribution in [0.5, 0.6) is 0 Å². The second-order valence-electron chi connectivity index (χ2n) is 6.26. The lowest BCUT2D eigenvalue weighted by molar-refractivity contribution is 0.378. The van der Waals surface area contributed by atoms with Crippen LogP contribution >= 0.6 is 24.0 Å². The Labute approximate surface area is 175 Å². The maximum Gasteiger partial charge on any atom is 0.225 e. The van der Waals surface area contributed by atoms with Crippen LogP contribution < -0.4 is 10.6 Å². The predicted molar refractivity (Wildman–Crippen MR) is 118 cm³/mol. The van der Waals surface area contributed by atoms with Gasteiger partial charge in [0.1, 0.15) is 11.3 Å². The summed E-state index contributed by atoms with van der Waals surface area (Å²) in [4.78, 5) is 17.4. The van der Waals surface area contributed by atoms with E-state index in [1.165, 1.54) is 0 Å². The Hall–Kier alpha value is -2.36. The summed E-state index contributed by atoms with van der Waals surface area (Å²) < 4.78 is 5.81. The minimum Gasteiger partial charge on any atom is -0.461 e. The van der Waals surface area contributed by atoms with Crippen molar-refractivity contribution in [3.05, 3.63) is 54.6 Å². The lowest BCUT2D eigenvalue weighted by atomic mass is 10.2. The Bertz CT molecular complexity index is 856. The summed E-state index contributed by atoms with van der Waals surface area (Å²) in [6.45, 7) is 3.93. The number of benzene rings is 1. The van der Waals surface area contributed by atoms with E-state index in [0.717, 1.165) is 55.3 Å². The molecule has 0 radical (unpaired) electrons. The summed E-state index contributed by atoms with van der Waals surface area (Å²) in [5.74, 6) is 2.30. The van der Waals surface area contributed by atoms with Gasteiger partial charge in [-0.2, -0.15) is 0 Å². The van der Waals surface area contributed by atoms with Crippen LogP contribution in [0.25, 0.3) is 11.0 Å². The molecule has 1 aromatic carbocycles. The third kappa shape index (κ3) is 4.68. The van der Waals surface area contributed by atoms with E-state index in [0.29, 0.717) is 12.5 Å². The van der Waals surface area contributed by atoms with Crippen LogP contribution in [-0.4, -0.2) is 53.6 Å². The van der Waals surface area contributed by atoms with E-state index in [1.807, 2.05) is 24.3 Å². The zero-order valence-corrected chi connectivity index (χ0v) is 17.3. The van der Waals surface area contributed by atoms with E-state index in [9.17, 15) is 0 Å². The molecule has 0 bridgehead atoms. The van der Waals surface area contributed by atoms with Gasteiger partial charge in [0.05, 0.1) is 0 Å². The molecule has 1 aliphatic heterocycles. The molecule has 0 saturated carbocycles.